The maximum atomic E-state index is 13.3. The smallest absolute Gasteiger partial charge is 0.343 e. The molecule has 3 aliphatic rings. The average Bonchev–Trinajstić information content (AvgIpc) is 3.59. The highest BCUT2D eigenvalue weighted by Gasteiger charge is 2.48. The van der Waals surface area contributed by atoms with E-state index in [1.54, 1.807) is 0 Å². The monoisotopic (exact) mass is 435 g/mol. The molecule has 1 N–H and O–H groups in total. The van der Waals surface area contributed by atoms with Gasteiger partial charge in [-0.3, -0.25) is 4.90 Å². The van der Waals surface area contributed by atoms with Gasteiger partial charge in [-0.25, -0.2) is 4.79 Å². The van der Waals surface area contributed by atoms with Gasteiger partial charge in [0.25, 0.3) is 0 Å². The Hall–Kier alpha value is -2.37. The Bertz CT molecular complexity index is 940. The number of carbonyl (C=O) groups excluding carboxylic acids is 1. The zero-order valence-electron chi connectivity index (χ0n) is 18.7. The van der Waals surface area contributed by atoms with E-state index in [0.717, 1.165) is 76.9 Å². The van der Waals surface area contributed by atoms with Crippen LogP contribution < -0.4 is 4.74 Å². The summed E-state index contributed by atoms with van der Waals surface area (Å²) in [4.78, 5) is 15.7. The molecule has 1 saturated carbocycles. The minimum Gasteiger partial charge on any atom is -0.493 e. The molecule has 1 aliphatic carbocycles. The van der Waals surface area contributed by atoms with Crippen LogP contribution in [-0.2, 0) is 28.0 Å². The number of carbonyl (C=O) groups is 1. The molecule has 5 heteroatoms. The van der Waals surface area contributed by atoms with Crippen LogP contribution in [0, 0.1) is 5.92 Å². The van der Waals surface area contributed by atoms with Crippen molar-refractivity contribution < 1.29 is 19.4 Å². The Kier molecular flexibility index (Phi) is 6.20. The van der Waals surface area contributed by atoms with E-state index in [1.165, 1.54) is 11.1 Å². The highest BCUT2D eigenvalue weighted by atomic mass is 16.6. The fourth-order valence-corrected chi connectivity index (χ4v) is 5.58. The van der Waals surface area contributed by atoms with Gasteiger partial charge in [0, 0.05) is 32.0 Å². The molecular formula is C27H33NO4. The molecule has 0 radical (unpaired) electrons. The molecule has 32 heavy (non-hydrogen) atoms. The van der Waals surface area contributed by atoms with Crippen LogP contribution in [0.3, 0.4) is 0 Å². The molecule has 2 aliphatic heterocycles. The van der Waals surface area contributed by atoms with Crippen LogP contribution in [0.1, 0.15) is 48.8 Å². The predicted octanol–water partition coefficient (Wildman–Crippen LogP) is 3.86. The van der Waals surface area contributed by atoms with E-state index in [4.69, 9.17) is 9.47 Å². The Morgan fingerprint density at radius 3 is 2.75 bits per heavy atom. The maximum Gasteiger partial charge on any atom is 0.343 e. The molecule has 5 rings (SSSR count). The number of ether oxygens (including phenoxy) is 2. The molecule has 2 aromatic rings. The van der Waals surface area contributed by atoms with Crippen LogP contribution in [0.25, 0.3) is 0 Å². The molecule has 170 valence electrons. The van der Waals surface area contributed by atoms with Crippen molar-refractivity contribution in [2.24, 2.45) is 5.92 Å². The Morgan fingerprint density at radius 2 is 1.94 bits per heavy atom. The number of fused-ring (bicyclic) bond motifs is 1. The molecule has 2 fully saturated rings. The first kappa shape index (κ1) is 21.5. The maximum absolute atomic E-state index is 13.3. The van der Waals surface area contributed by atoms with Crippen molar-refractivity contribution in [1.82, 2.24) is 4.90 Å². The highest BCUT2D eigenvalue weighted by Crippen LogP contribution is 2.42. The first-order chi connectivity index (χ1) is 15.6. The molecule has 2 aromatic carbocycles. The van der Waals surface area contributed by atoms with Gasteiger partial charge in [0.1, 0.15) is 11.9 Å². The second-order valence-corrected chi connectivity index (χ2v) is 9.52. The summed E-state index contributed by atoms with van der Waals surface area (Å²) in [5, 5.41) is 11.6. The van der Waals surface area contributed by atoms with Crippen molar-refractivity contribution in [3.8, 4) is 5.75 Å². The summed E-state index contributed by atoms with van der Waals surface area (Å²) in [6, 6.07) is 15.9. The van der Waals surface area contributed by atoms with Gasteiger partial charge in [0.15, 0.2) is 5.60 Å². The summed E-state index contributed by atoms with van der Waals surface area (Å²) in [6.45, 7) is 3.38. The van der Waals surface area contributed by atoms with Gasteiger partial charge in [-0.1, -0.05) is 55.3 Å². The van der Waals surface area contributed by atoms with E-state index >= 15 is 0 Å². The van der Waals surface area contributed by atoms with Crippen molar-refractivity contribution >= 4 is 5.97 Å². The second-order valence-electron chi connectivity index (χ2n) is 9.52. The van der Waals surface area contributed by atoms with Crippen LogP contribution in [0.15, 0.2) is 48.5 Å². The lowest BCUT2D eigenvalue weighted by Crippen LogP contribution is -2.45. The van der Waals surface area contributed by atoms with E-state index in [0.29, 0.717) is 5.56 Å². The Balaban J connectivity index is 1.19. The normalized spacial score (nSPS) is 23.0. The summed E-state index contributed by atoms with van der Waals surface area (Å²) in [7, 11) is 0. The third-order valence-corrected chi connectivity index (χ3v) is 7.44. The topological polar surface area (TPSA) is 59.0 Å². The summed E-state index contributed by atoms with van der Waals surface area (Å²) in [5.41, 5.74) is 1.75. The van der Waals surface area contributed by atoms with Crippen LogP contribution >= 0.6 is 0 Å². The summed E-state index contributed by atoms with van der Waals surface area (Å²) in [5.74, 6) is 0.481. The van der Waals surface area contributed by atoms with Crippen molar-refractivity contribution in [2.75, 3.05) is 26.2 Å². The first-order valence-electron chi connectivity index (χ1n) is 12.1. The third kappa shape index (κ3) is 4.28. The Morgan fingerprint density at radius 1 is 1.12 bits per heavy atom. The first-order valence-corrected chi connectivity index (χ1v) is 12.1. The summed E-state index contributed by atoms with van der Waals surface area (Å²) < 4.78 is 11.5. The number of aliphatic hydroxyl groups is 1. The van der Waals surface area contributed by atoms with Crippen molar-refractivity contribution in [2.45, 2.75) is 56.7 Å². The molecular weight excluding hydrogens is 402 g/mol. The molecule has 1 unspecified atom stereocenters. The van der Waals surface area contributed by atoms with E-state index in [2.05, 4.69) is 23.1 Å². The van der Waals surface area contributed by atoms with Crippen LogP contribution in [0.5, 0.6) is 5.75 Å². The molecule has 1 saturated heterocycles. The standard InChI is InChI=1S/C27H33NO4/c29-26(27(30,23-8-4-5-9-23)22-6-2-1-3-7-22)32-24-13-16-28(19-24)15-12-20-10-11-25-21(18-20)14-17-31-25/h1-3,6-7,10-11,18,23-24,30H,4-5,8-9,12-17,19H2/t24-,27?/m0/s1. The van der Waals surface area contributed by atoms with Crippen molar-refractivity contribution in [3.63, 3.8) is 0 Å². The quantitative estimate of drug-likeness (QED) is 0.670. The number of hydrogen-bond donors (Lipinski definition) is 1. The Labute approximate surface area is 190 Å². The van der Waals surface area contributed by atoms with E-state index in [9.17, 15) is 9.90 Å². The van der Waals surface area contributed by atoms with Gasteiger partial charge in [0.2, 0.25) is 0 Å². The predicted molar refractivity (Wildman–Crippen MR) is 123 cm³/mol. The number of esters is 1. The number of rotatable bonds is 7. The molecule has 5 nitrogen and oxygen atoms in total. The molecule has 2 atom stereocenters. The fourth-order valence-electron chi connectivity index (χ4n) is 5.58. The molecule has 0 spiro atoms. The minimum atomic E-state index is -1.54. The van der Waals surface area contributed by atoms with Gasteiger partial charge in [0.05, 0.1) is 6.61 Å². The zero-order chi connectivity index (χ0) is 22.0. The number of likely N-dealkylation sites (tertiary alicyclic amines) is 1. The van der Waals surface area contributed by atoms with E-state index < -0.39 is 11.6 Å². The van der Waals surface area contributed by atoms with Crippen LogP contribution in [0.2, 0.25) is 0 Å². The summed E-state index contributed by atoms with van der Waals surface area (Å²) in [6.07, 6.45) is 6.47. The average molecular weight is 436 g/mol. The van der Waals surface area contributed by atoms with Crippen LogP contribution in [0.4, 0.5) is 0 Å². The van der Waals surface area contributed by atoms with Gasteiger partial charge in [-0.2, -0.15) is 0 Å². The SMILES string of the molecule is O=C(O[C@H]1CCN(CCc2ccc3c(c2)CCO3)C1)C(O)(c1ccccc1)C1CCCC1. The second kappa shape index (κ2) is 9.24. The lowest BCUT2D eigenvalue weighted by Gasteiger charge is -2.33. The zero-order valence-corrected chi connectivity index (χ0v) is 18.7. The van der Waals surface area contributed by atoms with E-state index in [-0.39, 0.29) is 12.0 Å². The van der Waals surface area contributed by atoms with Crippen molar-refractivity contribution in [3.05, 3.63) is 65.2 Å². The molecule has 0 aromatic heterocycles. The molecule has 0 bridgehead atoms. The van der Waals surface area contributed by atoms with Gasteiger partial charge < -0.3 is 14.6 Å². The fraction of sp³-hybridized carbons (Fsp3) is 0.519. The number of benzene rings is 2. The number of hydrogen-bond acceptors (Lipinski definition) is 5. The summed E-state index contributed by atoms with van der Waals surface area (Å²) >= 11 is 0. The lowest BCUT2D eigenvalue weighted by molar-refractivity contribution is -0.178. The van der Waals surface area contributed by atoms with Gasteiger partial charge >= 0.3 is 5.97 Å². The minimum absolute atomic E-state index is 0.0707. The molecule has 2 heterocycles. The van der Waals surface area contributed by atoms with Crippen molar-refractivity contribution in [1.29, 1.82) is 0 Å². The van der Waals surface area contributed by atoms with E-state index in [1.807, 2.05) is 30.3 Å². The van der Waals surface area contributed by atoms with Crippen LogP contribution in [-0.4, -0.2) is 48.3 Å². The highest BCUT2D eigenvalue weighted by molar-refractivity contribution is 5.81. The van der Waals surface area contributed by atoms with Gasteiger partial charge in [-0.05, 0) is 48.4 Å². The van der Waals surface area contributed by atoms with Gasteiger partial charge in [-0.15, -0.1) is 0 Å². The number of nitrogens with zero attached hydrogens (tertiary/aromatic N) is 1. The lowest BCUT2D eigenvalue weighted by atomic mass is 9.80. The third-order valence-electron chi connectivity index (χ3n) is 7.44. The molecule has 0 amide bonds. The largest absolute Gasteiger partial charge is 0.493 e.